The zero-order valence-corrected chi connectivity index (χ0v) is 49.6. The number of amides is 11. The van der Waals surface area contributed by atoms with Crippen LogP contribution in [0.2, 0.25) is 0 Å². The Balaban J connectivity index is 1.55. The maximum absolute atomic E-state index is 14.7. The van der Waals surface area contributed by atoms with Crippen LogP contribution in [0.25, 0.3) is 0 Å². The number of fused-ring (bicyclic) bond motifs is 2. The van der Waals surface area contributed by atoms with Crippen molar-refractivity contribution in [3.63, 3.8) is 0 Å². The number of aromatic hydroxyl groups is 1. The predicted octanol–water partition coefficient (Wildman–Crippen LogP) is -3.74. The lowest BCUT2D eigenvalue weighted by molar-refractivity contribution is -0.149. The van der Waals surface area contributed by atoms with E-state index in [2.05, 4.69) is 42.5 Å². The van der Waals surface area contributed by atoms with Gasteiger partial charge in [0.1, 0.15) is 72.2 Å². The lowest BCUT2D eigenvalue weighted by atomic mass is 9.96. The number of nitrogens with zero attached hydrogens (tertiary/aromatic N) is 2. The molecule has 29 nitrogen and oxygen atoms in total. The number of rotatable bonds is 17. The van der Waals surface area contributed by atoms with Crippen molar-refractivity contribution in [3.05, 3.63) is 77.9 Å². The number of phenols is 1. The standard InChI is InChI=1S/C59H84N12O17/c1-4-32(2)47-58(86)71-27-13-19-45(71)57(85)70-26-12-18-44(70)55(83)64-40(24-25-46(61)76)51(79)63-38(50(78)66-42(59(87)88)29-35-20-22-36(75)23-21-35)16-10-5-6-11-17-39(62-49(77)37(60)30-72)52(80)69-48(33(3)74)56(84)65-41(28-34-14-8-7-9-15-34)53(81)67-43(31-73)54(82)68-47/h5-9,14-15,20-23,32-33,37-45,47-48,72-75H,4,10-13,16-19,24-31,60H2,1-3H3,(H2,61,76)(H,62,77)(H,63,79)(H,64,83)(H,65,84)(H,66,78)(H,67,81)(H,68,82)(H,69,80)(H,87,88)/b6-5-/t32-,33+,37-,38-,39-,40-,41-,42-,43-,44-,45-,47-,48-/m0/s1. The SMILES string of the molecule is CC[C@H](C)[C@@H]1NC(=O)[C@H](CO)NC(=O)[C@H](Cc2ccccc2)NC(=O)[C@H]([C@@H](C)O)NC(=O)[C@@H](NC(=O)[C@@H](N)CO)CC/C=C\CC[C@@H](C(=O)N[C@@H](Cc2ccc(O)cc2)C(=O)O)NC(=O)[C@H](CCC(N)=O)NC(=O)[C@@H]2CCCN2C(=O)[C@@H]2CCCN2C1=O. The van der Waals surface area contributed by atoms with E-state index in [9.17, 15) is 83.1 Å². The number of carbonyl (C=O) groups excluding carboxylic acids is 11. The van der Waals surface area contributed by atoms with Gasteiger partial charge in [0.05, 0.1) is 19.3 Å². The summed E-state index contributed by atoms with van der Waals surface area (Å²) < 4.78 is 0. The van der Waals surface area contributed by atoms with Crippen LogP contribution in [0.3, 0.4) is 0 Å². The number of primary amides is 1. The number of benzene rings is 2. The highest BCUT2D eigenvalue weighted by molar-refractivity contribution is 5.99. The number of carboxylic acid groups (broad SMARTS) is 1. The fourth-order valence-electron chi connectivity index (χ4n) is 10.4. The van der Waals surface area contributed by atoms with Gasteiger partial charge in [-0.05, 0) is 93.9 Å². The van der Waals surface area contributed by atoms with Crippen LogP contribution in [-0.4, -0.2) is 205 Å². The van der Waals surface area contributed by atoms with Gasteiger partial charge in [-0.1, -0.05) is 74.9 Å². The molecule has 0 unspecified atom stereocenters. The fourth-order valence-corrected chi connectivity index (χ4v) is 10.4. The van der Waals surface area contributed by atoms with Crippen molar-refractivity contribution in [3.8, 4) is 5.75 Å². The third-order valence-corrected chi connectivity index (χ3v) is 15.7. The second-order valence-corrected chi connectivity index (χ2v) is 22.3. The van der Waals surface area contributed by atoms with Gasteiger partial charge < -0.3 is 89.3 Å². The summed E-state index contributed by atoms with van der Waals surface area (Å²) in [7, 11) is 0. The number of hydrogen-bond donors (Lipinski definition) is 15. The van der Waals surface area contributed by atoms with Crippen LogP contribution in [0.15, 0.2) is 66.7 Å². The molecule has 2 aromatic rings. The maximum atomic E-state index is 14.7. The monoisotopic (exact) mass is 1230 g/mol. The molecule has 2 saturated heterocycles. The first-order chi connectivity index (χ1) is 41.9. The second-order valence-electron chi connectivity index (χ2n) is 22.3. The van der Waals surface area contributed by atoms with Gasteiger partial charge in [-0.2, -0.15) is 0 Å². The Morgan fingerprint density at radius 1 is 0.670 bits per heavy atom. The molecule has 0 aromatic heterocycles. The van der Waals surface area contributed by atoms with E-state index in [-0.39, 0.29) is 76.6 Å². The molecule has 13 atom stereocenters. The molecule has 17 N–H and O–H groups in total. The Bertz CT molecular complexity index is 2820. The molecule has 2 fully saturated rings. The first kappa shape index (κ1) is 70.2. The summed E-state index contributed by atoms with van der Waals surface area (Å²) in [6.07, 6.45) is 0.833. The molecule has 0 spiro atoms. The van der Waals surface area contributed by atoms with Crippen molar-refractivity contribution in [2.45, 2.75) is 177 Å². The summed E-state index contributed by atoms with van der Waals surface area (Å²) in [5, 5.41) is 71.3. The molecule has 88 heavy (non-hydrogen) atoms. The molecule has 0 bridgehead atoms. The molecule has 482 valence electrons. The summed E-state index contributed by atoms with van der Waals surface area (Å²) in [6, 6.07) is -2.60. The molecular formula is C59H84N12O17. The fraction of sp³-hybridized carbons (Fsp3) is 0.559. The van der Waals surface area contributed by atoms with E-state index >= 15 is 0 Å². The average molecular weight is 1230 g/mol. The van der Waals surface area contributed by atoms with E-state index < -0.39 is 169 Å². The van der Waals surface area contributed by atoms with Gasteiger partial charge >= 0.3 is 5.97 Å². The van der Waals surface area contributed by atoms with Gasteiger partial charge in [-0.3, -0.25) is 52.7 Å². The van der Waals surface area contributed by atoms with E-state index in [1.54, 1.807) is 44.2 Å². The van der Waals surface area contributed by atoms with Crippen LogP contribution in [-0.2, 0) is 70.4 Å². The summed E-state index contributed by atoms with van der Waals surface area (Å²) >= 11 is 0. The molecule has 3 aliphatic rings. The minimum atomic E-state index is -1.81. The van der Waals surface area contributed by atoms with Crippen molar-refractivity contribution >= 4 is 70.9 Å². The number of nitrogens with two attached hydrogens (primary N) is 2. The van der Waals surface area contributed by atoms with E-state index in [1.165, 1.54) is 46.2 Å². The zero-order chi connectivity index (χ0) is 64.8. The van der Waals surface area contributed by atoms with E-state index in [1.807, 2.05) is 0 Å². The number of carboxylic acids is 1. The molecule has 11 amide bonds. The second kappa shape index (κ2) is 34.1. The third-order valence-electron chi connectivity index (χ3n) is 15.7. The molecule has 29 heteroatoms. The largest absolute Gasteiger partial charge is 0.508 e. The van der Waals surface area contributed by atoms with E-state index in [0.29, 0.717) is 30.4 Å². The highest BCUT2D eigenvalue weighted by Gasteiger charge is 2.46. The Kier molecular flexibility index (Phi) is 27.2. The summed E-state index contributed by atoms with van der Waals surface area (Å²) in [4.78, 5) is 169. The highest BCUT2D eigenvalue weighted by atomic mass is 16.4. The average Bonchev–Trinajstić information content (AvgIpc) is 2.85. The number of hydrogen-bond acceptors (Lipinski definition) is 17. The van der Waals surface area contributed by atoms with Crippen molar-refractivity contribution in [2.24, 2.45) is 17.4 Å². The summed E-state index contributed by atoms with van der Waals surface area (Å²) in [5.41, 5.74) is 12.2. The minimum Gasteiger partial charge on any atom is -0.508 e. The van der Waals surface area contributed by atoms with Crippen LogP contribution in [0.5, 0.6) is 5.75 Å². The van der Waals surface area contributed by atoms with Crippen molar-refractivity contribution in [2.75, 3.05) is 26.3 Å². The van der Waals surface area contributed by atoms with Crippen molar-refractivity contribution in [1.29, 1.82) is 0 Å². The van der Waals surface area contributed by atoms with Crippen LogP contribution < -0.4 is 54.0 Å². The molecule has 2 aromatic carbocycles. The number of aliphatic carboxylic acids is 1. The molecule has 3 heterocycles. The van der Waals surface area contributed by atoms with Gasteiger partial charge in [0.15, 0.2) is 0 Å². The normalized spacial score (nSPS) is 26.1. The lowest BCUT2D eigenvalue weighted by Crippen LogP contribution is -2.62. The molecule has 5 rings (SSSR count). The van der Waals surface area contributed by atoms with Crippen LogP contribution in [0, 0.1) is 5.92 Å². The number of aliphatic hydroxyl groups excluding tert-OH is 3. The van der Waals surface area contributed by atoms with Gasteiger partial charge in [0.2, 0.25) is 65.0 Å². The summed E-state index contributed by atoms with van der Waals surface area (Å²) in [6.45, 7) is 2.88. The number of carbonyl (C=O) groups is 12. The Labute approximate surface area is 508 Å². The molecule has 0 radical (unpaired) electrons. The minimum absolute atomic E-state index is 0.0267. The first-order valence-corrected chi connectivity index (χ1v) is 29.5. The number of allylic oxidation sites excluding steroid dienone is 2. The van der Waals surface area contributed by atoms with Crippen LogP contribution >= 0.6 is 0 Å². The van der Waals surface area contributed by atoms with Crippen LogP contribution in [0.1, 0.15) is 103 Å². The van der Waals surface area contributed by atoms with Crippen LogP contribution in [0.4, 0.5) is 0 Å². The smallest absolute Gasteiger partial charge is 0.326 e. The Morgan fingerprint density at radius 3 is 1.85 bits per heavy atom. The third kappa shape index (κ3) is 20.3. The number of phenolic OH excluding ortho intramolecular Hbond substituents is 1. The van der Waals surface area contributed by atoms with E-state index in [0.717, 1.165) is 6.92 Å². The quantitative estimate of drug-likeness (QED) is 0.0677. The Hall–Kier alpha value is -8.54. The Morgan fingerprint density at radius 2 is 1.25 bits per heavy atom. The van der Waals surface area contributed by atoms with Gasteiger partial charge in [-0.25, -0.2) is 4.79 Å². The highest BCUT2D eigenvalue weighted by Crippen LogP contribution is 2.27. The number of nitrogens with one attached hydrogen (secondary N) is 8. The number of aliphatic hydroxyl groups is 3. The maximum Gasteiger partial charge on any atom is 0.326 e. The predicted molar refractivity (Wildman–Crippen MR) is 314 cm³/mol. The van der Waals surface area contributed by atoms with E-state index in [4.69, 9.17) is 11.5 Å². The lowest BCUT2D eigenvalue weighted by Gasteiger charge is -2.35. The topological polar surface area (TPSA) is 461 Å². The molecule has 0 aliphatic carbocycles. The van der Waals surface area contributed by atoms with Crippen molar-refractivity contribution < 1.29 is 83.1 Å². The molecular weight excluding hydrogens is 1150 g/mol. The van der Waals surface area contributed by atoms with Gasteiger partial charge in [-0.15, -0.1) is 0 Å². The molecule has 3 aliphatic heterocycles. The van der Waals surface area contributed by atoms with Crippen molar-refractivity contribution in [1.82, 2.24) is 52.3 Å². The first-order valence-electron chi connectivity index (χ1n) is 29.5. The van der Waals surface area contributed by atoms with Gasteiger partial charge in [0.25, 0.3) is 0 Å². The van der Waals surface area contributed by atoms with Gasteiger partial charge in [0, 0.05) is 32.4 Å². The zero-order valence-electron chi connectivity index (χ0n) is 49.6. The molecule has 0 saturated carbocycles. The summed E-state index contributed by atoms with van der Waals surface area (Å²) in [5.74, 6) is -12.2.